The molecule has 0 atom stereocenters. The van der Waals surface area contributed by atoms with E-state index in [0.717, 1.165) is 0 Å². The zero-order valence-electron chi connectivity index (χ0n) is 13.3. The van der Waals surface area contributed by atoms with Crippen LogP contribution in [0.2, 0.25) is 0 Å². The van der Waals surface area contributed by atoms with Gasteiger partial charge in [0.15, 0.2) is 11.6 Å². The van der Waals surface area contributed by atoms with Gasteiger partial charge in [0.2, 0.25) is 0 Å². The molecule has 0 spiro atoms. The van der Waals surface area contributed by atoms with E-state index < -0.39 is 5.91 Å². The minimum Gasteiger partial charge on any atom is -0.397 e. The van der Waals surface area contributed by atoms with E-state index >= 15 is 0 Å². The molecule has 0 radical (unpaired) electrons. The monoisotopic (exact) mass is 323 g/mol. The van der Waals surface area contributed by atoms with Gasteiger partial charge in [-0.25, -0.2) is 0 Å². The first-order valence-corrected chi connectivity index (χ1v) is 7.54. The highest BCUT2D eigenvalue weighted by Crippen LogP contribution is 2.37. The molecular formula is C18H17N3O3. The van der Waals surface area contributed by atoms with Gasteiger partial charge in [-0.1, -0.05) is 24.3 Å². The van der Waals surface area contributed by atoms with Crippen LogP contribution in [-0.4, -0.2) is 23.5 Å². The van der Waals surface area contributed by atoms with Crippen molar-refractivity contribution in [3.63, 3.8) is 0 Å². The summed E-state index contributed by atoms with van der Waals surface area (Å²) in [6.45, 7) is 3.77. The Morgan fingerprint density at radius 2 is 1.58 bits per heavy atom. The molecule has 0 heterocycles. The molecule has 2 aromatic rings. The zero-order chi connectivity index (χ0) is 17.6. The van der Waals surface area contributed by atoms with E-state index in [-0.39, 0.29) is 45.5 Å². The average Bonchev–Trinajstić information content (AvgIpc) is 2.53. The Bertz CT molecular complexity index is 901. The van der Waals surface area contributed by atoms with Crippen molar-refractivity contribution in [3.05, 3.63) is 58.1 Å². The van der Waals surface area contributed by atoms with E-state index in [1.165, 1.54) is 6.07 Å². The SMILES string of the molecule is CC(C)Nc1cc(C(N)=O)c(N)c2c1C(=O)c1ccccc1C2=O. The molecule has 6 heteroatoms. The molecule has 2 aromatic carbocycles. The molecular weight excluding hydrogens is 306 g/mol. The van der Waals surface area contributed by atoms with E-state index in [1.54, 1.807) is 24.3 Å². The number of amides is 1. The Kier molecular flexibility index (Phi) is 3.60. The molecule has 5 N–H and O–H groups in total. The molecule has 0 aliphatic heterocycles. The van der Waals surface area contributed by atoms with Crippen molar-refractivity contribution in [2.45, 2.75) is 19.9 Å². The van der Waals surface area contributed by atoms with Gasteiger partial charge in [0.25, 0.3) is 5.91 Å². The molecule has 1 aliphatic rings. The summed E-state index contributed by atoms with van der Waals surface area (Å²) in [5.74, 6) is -1.43. The fourth-order valence-corrected chi connectivity index (χ4v) is 2.95. The lowest BCUT2D eigenvalue weighted by atomic mass is 9.81. The second-order valence-electron chi connectivity index (χ2n) is 6.00. The Balaban J connectivity index is 2.37. The molecule has 6 nitrogen and oxygen atoms in total. The van der Waals surface area contributed by atoms with Gasteiger partial charge in [-0.3, -0.25) is 14.4 Å². The zero-order valence-corrected chi connectivity index (χ0v) is 13.3. The summed E-state index contributed by atoms with van der Waals surface area (Å²) in [4.78, 5) is 37.5. The summed E-state index contributed by atoms with van der Waals surface area (Å²) in [6.07, 6.45) is 0. The second kappa shape index (κ2) is 5.49. The van der Waals surface area contributed by atoms with Crippen LogP contribution in [0.25, 0.3) is 0 Å². The van der Waals surface area contributed by atoms with Gasteiger partial charge in [0, 0.05) is 22.9 Å². The van der Waals surface area contributed by atoms with Crippen molar-refractivity contribution in [2.24, 2.45) is 5.73 Å². The van der Waals surface area contributed by atoms with Crippen molar-refractivity contribution < 1.29 is 14.4 Å². The van der Waals surface area contributed by atoms with Crippen LogP contribution in [-0.2, 0) is 0 Å². The van der Waals surface area contributed by atoms with Crippen LogP contribution in [0.3, 0.4) is 0 Å². The summed E-state index contributed by atoms with van der Waals surface area (Å²) < 4.78 is 0. The van der Waals surface area contributed by atoms with Gasteiger partial charge < -0.3 is 16.8 Å². The van der Waals surface area contributed by atoms with E-state index in [1.807, 2.05) is 13.8 Å². The van der Waals surface area contributed by atoms with Crippen LogP contribution >= 0.6 is 0 Å². The Labute approximate surface area is 138 Å². The van der Waals surface area contributed by atoms with Gasteiger partial charge in [0.05, 0.1) is 22.4 Å². The highest BCUT2D eigenvalue weighted by atomic mass is 16.1. The van der Waals surface area contributed by atoms with Gasteiger partial charge in [0.1, 0.15) is 0 Å². The summed E-state index contributed by atoms with van der Waals surface area (Å²) in [7, 11) is 0. The molecule has 0 fully saturated rings. The number of hydrogen-bond acceptors (Lipinski definition) is 5. The standard InChI is InChI=1S/C18H17N3O3/c1-8(2)21-12-7-11(18(20)24)15(19)14-13(12)16(22)9-5-3-4-6-10(9)17(14)23/h3-8,21H,19H2,1-2H3,(H2,20,24). The van der Waals surface area contributed by atoms with E-state index in [4.69, 9.17) is 11.5 Å². The lowest BCUT2D eigenvalue weighted by Crippen LogP contribution is -2.27. The second-order valence-corrected chi connectivity index (χ2v) is 6.00. The predicted octanol–water partition coefficient (Wildman–Crippen LogP) is 1.96. The Hall–Kier alpha value is -3.15. The summed E-state index contributed by atoms with van der Waals surface area (Å²) in [5.41, 5.74) is 12.6. The number of carbonyl (C=O) groups is 3. The number of nitrogen functional groups attached to an aromatic ring is 1. The van der Waals surface area contributed by atoms with Gasteiger partial charge >= 0.3 is 0 Å². The highest BCUT2D eigenvalue weighted by Gasteiger charge is 2.35. The number of nitrogens with two attached hydrogens (primary N) is 2. The number of benzene rings is 2. The van der Waals surface area contributed by atoms with Crippen molar-refractivity contribution in [1.82, 2.24) is 0 Å². The quantitative estimate of drug-likeness (QED) is 0.637. The molecule has 0 saturated carbocycles. The molecule has 24 heavy (non-hydrogen) atoms. The lowest BCUT2D eigenvalue weighted by molar-refractivity contribution is 0.0978. The summed E-state index contributed by atoms with van der Waals surface area (Å²) in [6, 6.07) is 7.98. The molecule has 1 aliphatic carbocycles. The molecule has 122 valence electrons. The fourth-order valence-electron chi connectivity index (χ4n) is 2.95. The van der Waals surface area contributed by atoms with Crippen molar-refractivity contribution in [1.29, 1.82) is 0 Å². The third-order valence-electron chi connectivity index (χ3n) is 3.95. The smallest absolute Gasteiger partial charge is 0.250 e. The van der Waals surface area contributed by atoms with Crippen LogP contribution in [0.4, 0.5) is 11.4 Å². The van der Waals surface area contributed by atoms with Crippen LogP contribution in [0.5, 0.6) is 0 Å². The molecule has 0 bridgehead atoms. The fraction of sp³-hybridized carbons (Fsp3) is 0.167. The third kappa shape index (κ3) is 2.23. The number of rotatable bonds is 3. The number of carbonyl (C=O) groups excluding carboxylic acids is 3. The first-order chi connectivity index (χ1) is 11.3. The van der Waals surface area contributed by atoms with Crippen LogP contribution in [0, 0.1) is 0 Å². The maximum absolute atomic E-state index is 12.9. The topological polar surface area (TPSA) is 115 Å². The van der Waals surface area contributed by atoms with Crippen LogP contribution in [0.15, 0.2) is 30.3 Å². The van der Waals surface area contributed by atoms with Crippen molar-refractivity contribution in [3.8, 4) is 0 Å². The number of primary amides is 1. The molecule has 0 unspecified atom stereocenters. The largest absolute Gasteiger partial charge is 0.397 e. The minimum atomic E-state index is -0.749. The van der Waals surface area contributed by atoms with Crippen molar-refractivity contribution in [2.75, 3.05) is 11.1 Å². The van der Waals surface area contributed by atoms with Crippen LogP contribution in [0.1, 0.15) is 56.0 Å². The van der Waals surface area contributed by atoms with Gasteiger partial charge in [-0.15, -0.1) is 0 Å². The van der Waals surface area contributed by atoms with E-state index in [0.29, 0.717) is 11.3 Å². The molecule has 0 aromatic heterocycles. The first-order valence-electron chi connectivity index (χ1n) is 7.54. The highest BCUT2D eigenvalue weighted by molar-refractivity contribution is 6.32. The maximum atomic E-state index is 12.9. The minimum absolute atomic E-state index is 0.0153. The van der Waals surface area contributed by atoms with Crippen LogP contribution < -0.4 is 16.8 Å². The number of nitrogens with one attached hydrogen (secondary N) is 1. The number of fused-ring (bicyclic) bond motifs is 2. The third-order valence-corrected chi connectivity index (χ3v) is 3.95. The van der Waals surface area contributed by atoms with Gasteiger partial charge in [-0.2, -0.15) is 0 Å². The molecule has 0 saturated heterocycles. The average molecular weight is 323 g/mol. The number of hydrogen-bond donors (Lipinski definition) is 3. The number of ketones is 2. The Morgan fingerprint density at radius 3 is 2.08 bits per heavy atom. The van der Waals surface area contributed by atoms with Gasteiger partial charge in [-0.05, 0) is 19.9 Å². The van der Waals surface area contributed by atoms with E-state index in [2.05, 4.69) is 5.32 Å². The molecule has 3 rings (SSSR count). The predicted molar refractivity (Wildman–Crippen MR) is 91.4 cm³/mol. The maximum Gasteiger partial charge on any atom is 0.250 e. The van der Waals surface area contributed by atoms with Crippen molar-refractivity contribution >= 4 is 28.8 Å². The molecule has 1 amide bonds. The summed E-state index contributed by atoms with van der Waals surface area (Å²) in [5, 5.41) is 3.10. The first kappa shape index (κ1) is 15.7. The van der Waals surface area contributed by atoms with E-state index in [9.17, 15) is 14.4 Å². The number of anilines is 2. The lowest BCUT2D eigenvalue weighted by Gasteiger charge is -2.24. The summed E-state index contributed by atoms with van der Waals surface area (Å²) >= 11 is 0. The Morgan fingerprint density at radius 1 is 1.04 bits per heavy atom. The normalized spacial score (nSPS) is 12.8.